The summed E-state index contributed by atoms with van der Waals surface area (Å²) in [5.74, 6) is 0.0644. The minimum atomic E-state index is -0.992. The summed E-state index contributed by atoms with van der Waals surface area (Å²) >= 11 is 0. The largest absolute Gasteiger partial charge is 0.493 e. The van der Waals surface area contributed by atoms with Gasteiger partial charge in [0, 0.05) is 31.7 Å². The SMILES string of the molecule is COc1ccc(CN2CC[C@@H]3CC[C@H](C2)N3C)cc1OCC(=O)O. The topological polar surface area (TPSA) is 62.2 Å². The van der Waals surface area contributed by atoms with Gasteiger partial charge in [-0.1, -0.05) is 6.07 Å². The van der Waals surface area contributed by atoms with E-state index in [1.807, 2.05) is 18.2 Å². The van der Waals surface area contributed by atoms with Gasteiger partial charge >= 0.3 is 5.97 Å². The van der Waals surface area contributed by atoms with E-state index in [4.69, 9.17) is 14.6 Å². The molecule has 1 N–H and O–H groups in total. The molecule has 2 heterocycles. The summed E-state index contributed by atoms with van der Waals surface area (Å²) in [6.07, 6.45) is 3.82. The number of methoxy groups -OCH3 is 1. The first-order valence-corrected chi connectivity index (χ1v) is 8.52. The highest BCUT2D eigenvalue weighted by molar-refractivity contribution is 5.68. The smallest absolute Gasteiger partial charge is 0.341 e. The number of likely N-dealkylation sites (N-methyl/N-ethyl adjacent to an activating group) is 1. The van der Waals surface area contributed by atoms with Crippen molar-refractivity contribution in [3.8, 4) is 11.5 Å². The van der Waals surface area contributed by atoms with E-state index < -0.39 is 5.97 Å². The first kappa shape index (κ1) is 17.0. The average Bonchev–Trinajstić information content (AvgIpc) is 2.81. The average molecular weight is 334 g/mol. The van der Waals surface area contributed by atoms with Crippen LogP contribution in [-0.4, -0.2) is 66.8 Å². The van der Waals surface area contributed by atoms with Gasteiger partial charge in [-0.05, 0) is 44.0 Å². The highest BCUT2D eigenvalue weighted by Crippen LogP contribution is 2.31. The van der Waals surface area contributed by atoms with E-state index in [9.17, 15) is 4.79 Å². The zero-order valence-electron chi connectivity index (χ0n) is 14.4. The van der Waals surface area contributed by atoms with E-state index in [0.29, 0.717) is 17.5 Å². The minimum absolute atomic E-state index is 0.363. The molecule has 1 aromatic carbocycles. The van der Waals surface area contributed by atoms with E-state index in [1.165, 1.54) is 19.3 Å². The van der Waals surface area contributed by atoms with Crippen LogP contribution in [0.5, 0.6) is 11.5 Å². The number of rotatable bonds is 6. The first-order valence-electron chi connectivity index (χ1n) is 8.52. The fourth-order valence-electron chi connectivity index (χ4n) is 3.85. The second-order valence-corrected chi connectivity index (χ2v) is 6.74. The van der Waals surface area contributed by atoms with Crippen LogP contribution in [0, 0.1) is 0 Å². The molecule has 2 saturated heterocycles. The van der Waals surface area contributed by atoms with Gasteiger partial charge in [0.25, 0.3) is 0 Å². The van der Waals surface area contributed by atoms with Crippen LogP contribution in [-0.2, 0) is 11.3 Å². The van der Waals surface area contributed by atoms with Crippen LogP contribution in [0.4, 0.5) is 0 Å². The fourth-order valence-corrected chi connectivity index (χ4v) is 3.85. The van der Waals surface area contributed by atoms with Crippen molar-refractivity contribution in [3.63, 3.8) is 0 Å². The van der Waals surface area contributed by atoms with Gasteiger partial charge in [-0.2, -0.15) is 0 Å². The Morgan fingerprint density at radius 1 is 1.25 bits per heavy atom. The first-order chi connectivity index (χ1) is 11.6. The van der Waals surface area contributed by atoms with Crippen molar-refractivity contribution in [2.24, 2.45) is 0 Å². The van der Waals surface area contributed by atoms with Crippen molar-refractivity contribution in [2.45, 2.75) is 37.9 Å². The minimum Gasteiger partial charge on any atom is -0.493 e. The molecule has 6 heteroatoms. The lowest BCUT2D eigenvalue weighted by molar-refractivity contribution is -0.139. The van der Waals surface area contributed by atoms with Gasteiger partial charge in [-0.3, -0.25) is 9.80 Å². The zero-order valence-corrected chi connectivity index (χ0v) is 14.4. The molecule has 0 radical (unpaired) electrons. The Bertz CT molecular complexity index is 592. The summed E-state index contributed by atoms with van der Waals surface area (Å²) in [7, 11) is 3.81. The number of nitrogens with zero attached hydrogens (tertiary/aromatic N) is 2. The molecule has 0 spiro atoms. The molecule has 0 aliphatic carbocycles. The highest BCUT2D eigenvalue weighted by Gasteiger charge is 2.34. The monoisotopic (exact) mass is 334 g/mol. The van der Waals surface area contributed by atoms with Crippen LogP contribution in [0.2, 0.25) is 0 Å². The summed E-state index contributed by atoms with van der Waals surface area (Å²) in [4.78, 5) is 15.8. The maximum atomic E-state index is 10.7. The maximum absolute atomic E-state index is 10.7. The van der Waals surface area contributed by atoms with Gasteiger partial charge in [0.1, 0.15) is 0 Å². The lowest BCUT2D eigenvalue weighted by Crippen LogP contribution is -2.36. The Morgan fingerprint density at radius 2 is 2.04 bits per heavy atom. The number of aliphatic carboxylic acids is 1. The molecule has 2 fully saturated rings. The molecule has 0 saturated carbocycles. The Balaban J connectivity index is 1.68. The summed E-state index contributed by atoms with van der Waals surface area (Å²) in [6.45, 7) is 2.68. The van der Waals surface area contributed by atoms with E-state index in [-0.39, 0.29) is 6.61 Å². The second-order valence-electron chi connectivity index (χ2n) is 6.74. The number of benzene rings is 1. The molecule has 2 atom stereocenters. The van der Waals surface area contributed by atoms with Crippen LogP contribution in [0.15, 0.2) is 18.2 Å². The van der Waals surface area contributed by atoms with E-state index in [0.717, 1.165) is 31.2 Å². The molecule has 1 aromatic rings. The molecule has 0 unspecified atom stereocenters. The number of carboxylic acids is 1. The van der Waals surface area contributed by atoms with Crippen LogP contribution in [0.3, 0.4) is 0 Å². The van der Waals surface area contributed by atoms with E-state index >= 15 is 0 Å². The van der Waals surface area contributed by atoms with Crippen LogP contribution >= 0.6 is 0 Å². The number of fused-ring (bicyclic) bond motifs is 2. The van der Waals surface area contributed by atoms with Crippen LogP contribution in [0.25, 0.3) is 0 Å². The van der Waals surface area contributed by atoms with Gasteiger partial charge in [0.15, 0.2) is 18.1 Å². The molecule has 2 aliphatic heterocycles. The predicted molar refractivity (Wildman–Crippen MR) is 90.6 cm³/mol. The number of ether oxygens (including phenoxy) is 2. The summed E-state index contributed by atoms with van der Waals surface area (Å²) < 4.78 is 10.6. The number of carbonyl (C=O) groups is 1. The molecule has 24 heavy (non-hydrogen) atoms. The second kappa shape index (κ2) is 7.40. The van der Waals surface area contributed by atoms with Gasteiger partial charge < -0.3 is 14.6 Å². The Labute approximate surface area is 143 Å². The van der Waals surface area contributed by atoms with Gasteiger partial charge in [0.05, 0.1) is 7.11 Å². The summed E-state index contributed by atoms with van der Waals surface area (Å²) in [6, 6.07) is 7.15. The lowest BCUT2D eigenvalue weighted by atomic mass is 10.1. The number of hydrogen-bond donors (Lipinski definition) is 1. The molecule has 2 aliphatic rings. The normalized spacial score (nSPS) is 24.6. The molecule has 6 nitrogen and oxygen atoms in total. The van der Waals surface area contributed by atoms with E-state index in [2.05, 4.69) is 16.8 Å². The third-order valence-electron chi connectivity index (χ3n) is 5.22. The van der Waals surface area contributed by atoms with Crippen molar-refractivity contribution < 1.29 is 19.4 Å². The van der Waals surface area contributed by atoms with Crippen LogP contribution in [0.1, 0.15) is 24.8 Å². The summed E-state index contributed by atoms with van der Waals surface area (Å²) in [5, 5.41) is 8.81. The quantitative estimate of drug-likeness (QED) is 0.856. The molecular weight excluding hydrogens is 308 g/mol. The fraction of sp³-hybridized carbons (Fsp3) is 0.611. The third-order valence-corrected chi connectivity index (χ3v) is 5.22. The van der Waals surface area contributed by atoms with Gasteiger partial charge in [0.2, 0.25) is 0 Å². The van der Waals surface area contributed by atoms with Gasteiger partial charge in [-0.25, -0.2) is 4.79 Å². The zero-order chi connectivity index (χ0) is 17.1. The van der Waals surface area contributed by atoms with Crippen molar-refractivity contribution in [1.82, 2.24) is 9.80 Å². The van der Waals surface area contributed by atoms with Crippen molar-refractivity contribution in [2.75, 3.05) is 33.9 Å². The molecule has 2 bridgehead atoms. The Kier molecular flexibility index (Phi) is 5.26. The van der Waals surface area contributed by atoms with Crippen molar-refractivity contribution in [3.05, 3.63) is 23.8 Å². The van der Waals surface area contributed by atoms with Crippen LogP contribution < -0.4 is 9.47 Å². The lowest BCUT2D eigenvalue weighted by Gasteiger charge is -2.26. The molecule has 3 rings (SSSR count). The van der Waals surface area contributed by atoms with E-state index in [1.54, 1.807) is 7.11 Å². The Hall–Kier alpha value is -1.79. The third kappa shape index (κ3) is 3.82. The maximum Gasteiger partial charge on any atom is 0.341 e. The standard InChI is InChI=1S/C18H26N2O4/c1-19-14-4-5-15(19)11-20(8-7-14)10-13-3-6-16(23-2)17(9-13)24-12-18(21)22/h3,6,9,14-15H,4-5,7-8,10-12H2,1-2H3,(H,21,22)/t14-,15+/m0/s1. The molecular formula is C18H26N2O4. The molecule has 0 aromatic heterocycles. The molecule has 0 amide bonds. The number of likely N-dealkylation sites (tertiary alicyclic amines) is 1. The Morgan fingerprint density at radius 3 is 2.79 bits per heavy atom. The molecule has 132 valence electrons. The highest BCUT2D eigenvalue weighted by atomic mass is 16.5. The number of carboxylic acid groups (broad SMARTS) is 1. The number of hydrogen-bond acceptors (Lipinski definition) is 5. The van der Waals surface area contributed by atoms with Crippen molar-refractivity contribution in [1.29, 1.82) is 0 Å². The van der Waals surface area contributed by atoms with Gasteiger partial charge in [-0.15, -0.1) is 0 Å². The summed E-state index contributed by atoms with van der Waals surface area (Å²) in [5.41, 5.74) is 1.12. The van der Waals surface area contributed by atoms with Crippen molar-refractivity contribution >= 4 is 5.97 Å². The predicted octanol–water partition coefficient (Wildman–Crippen LogP) is 1.83.